The van der Waals surface area contributed by atoms with Gasteiger partial charge in [0.05, 0.1) is 5.39 Å². The Morgan fingerprint density at radius 3 is 2.60 bits per heavy atom. The van der Waals surface area contributed by atoms with E-state index in [1.807, 2.05) is 0 Å². The van der Waals surface area contributed by atoms with Crippen molar-refractivity contribution in [2.24, 2.45) is 5.92 Å². The topological polar surface area (TPSA) is 41.0 Å². The van der Waals surface area contributed by atoms with Gasteiger partial charge in [0.25, 0.3) is 0 Å². The van der Waals surface area contributed by atoms with Crippen LogP contribution in [0.4, 0.5) is 14.6 Å². The van der Waals surface area contributed by atoms with Gasteiger partial charge in [0, 0.05) is 36.1 Å². The van der Waals surface area contributed by atoms with E-state index < -0.39 is 11.6 Å². The first-order valence-corrected chi connectivity index (χ1v) is 11.5. The number of halogens is 2. The molecule has 2 aromatic heterocycles. The second-order valence-electron chi connectivity index (χ2n) is 8.46. The van der Waals surface area contributed by atoms with Crippen LogP contribution < -0.4 is 5.32 Å². The maximum Gasteiger partial charge on any atom is 0.138 e. The van der Waals surface area contributed by atoms with Gasteiger partial charge in [0.2, 0.25) is 0 Å². The van der Waals surface area contributed by atoms with Crippen molar-refractivity contribution in [1.29, 1.82) is 0 Å². The summed E-state index contributed by atoms with van der Waals surface area (Å²) in [6.07, 6.45) is 5.05. The zero-order chi connectivity index (χ0) is 21.1. The van der Waals surface area contributed by atoms with E-state index in [9.17, 15) is 8.78 Å². The first-order chi connectivity index (χ1) is 14.5. The van der Waals surface area contributed by atoms with E-state index >= 15 is 0 Å². The molecule has 0 unspecified atom stereocenters. The zero-order valence-corrected chi connectivity index (χ0v) is 18.3. The maximum atomic E-state index is 13.8. The number of nitrogens with zero attached hydrogens (tertiary/aromatic N) is 3. The van der Waals surface area contributed by atoms with E-state index in [0.717, 1.165) is 48.4 Å². The Balaban J connectivity index is 1.33. The van der Waals surface area contributed by atoms with Gasteiger partial charge in [-0.3, -0.25) is 0 Å². The molecule has 3 heterocycles. The van der Waals surface area contributed by atoms with Gasteiger partial charge in [0.1, 0.15) is 28.6 Å². The molecule has 0 saturated carbocycles. The largest absolute Gasteiger partial charge is 0.367 e. The Morgan fingerprint density at radius 2 is 1.90 bits per heavy atom. The summed E-state index contributed by atoms with van der Waals surface area (Å²) in [5.41, 5.74) is 0.191. The molecule has 1 aromatic carbocycles. The third-order valence-corrected chi connectivity index (χ3v) is 6.72. The summed E-state index contributed by atoms with van der Waals surface area (Å²) in [6.45, 7) is 6.94. The van der Waals surface area contributed by atoms with Crippen LogP contribution in [0, 0.1) is 17.6 Å². The fourth-order valence-electron chi connectivity index (χ4n) is 4.06. The highest BCUT2D eigenvalue weighted by atomic mass is 32.1. The lowest BCUT2D eigenvalue weighted by Gasteiger charge is -2.32. The van der Waals surface area contributed by atoms with Crippen LogP contribution in [0.25, 0.3) is 10.2 Å². The van der Waals surface area contributed by atoms with Crippen molar-refractivity contribution < 1.29 is 8.78 Å². The van der Waals surface area contributed by atoms with E-state index in [1.165, 1.54) is 23.1 Å². The molecule has 4 nitrogen and oxygen atoms in total. The Hall–Kier alpha value is -2.12. The van der Waals surface area contributed by atoms with Crippen molar-refractivity contribution in [1.82, 2.24) is 14.9 Å². The lowest BCUT2D eigenvalue weighted by atomic mass is 10.0. The molecule has 160 valence electrons. The highest BCUT2D eigenvalue weighted by Crippen LogP contribution is 2.30. The van der Waals surface area contributed by atoms with Crippen molar-refractivity contribution >= 4 is 27.4 Å². The van der Waals surface area contributed by atoms with Crippen molar-refractivity contribution in [3.63, 3.8) is 0 Å². The third-order valence-electron chi connectivity index (χ3n) is 5.66. The fraction of sp³-hybridized carbons (Fsp3) is 0.478. The van der Waals surface area contributed by atoms with Crippen molar-refractivity contribution in [2.75, 3.05) is 25.0 Å². The first-order valence-electron chi connectivity index (χ1n) is 10.6. The average Bonchev–Trinajstić information content (AvgIpc) is 3.11. The molecular formula is C23H28F2N4S. The maximum absolute atomic E-state index is 13.8. The molecule has 30 heavy (non-hydrogen) atoms. The van der Waals surface area contributed by atoms with Gasteiger partial charge in [-0.1, -0.05) is 19.9 Å². The summed E-state index contributed by atoms with van der Waals surface area (Å²) in [5.74, 6) is 0.626. The number of anilines is 1. The highest BCUT2D eigenvalue weighted by molar-refractivity contribution is 7.18. The standard InChI is InChI=1S/C23H28F2N4S/c1-15(2)12-17-13-19-22(26-14-27-23(19)30-17)28-16-6-9-29(10-7-16)11-8-18-20(24)4-3-5-21(18)25/h3-5,13-16H,6-12H2,1-2H3,(H,26,27,28). The van der Waals surface area contributed by atoms with Gasteiger partial charge in [-0.15, -0.1) is 11.3 Å². The minimum Gasteiger partial charge on any atom is -0.367 e. The van der Waals surface area contributed by atoms with Crippen LogP contribution in [0.5, 0.6) is 0 Å². The lowest BCUT2D eigenvalue weighted by Crippen LogP contribution is -2.40. The molecule has 1 fully saturated rings. The van der Waals surface area contributed by atoms with Gasteiger partial charge in [-0.25, -0.2) is 18.7 Å². The predicted molar refractivity (Wildman–Crippen MR) is 119 cm³/mol. The van der Waals surface area contributed by atoms with Crippen LogP contribution >= 0.6 is 11.3 Å². The molecule has 7 heteroatoms. The van der Waals surface area contributed by atoms with Crippen LogP contribution in [0.1, 0.15) is 37.1 Å². The molecule has 3 aromatic rings. The van der Waals surface area contributed by atoms with Gasteiger partial charge in [-0.05, 0) is 49.8 Å². The molecule has 0 radical (unpaired) electrons. The normalized spacial score (nSPS) is 15.9. The first kappa shape index (κ1) is 21.1. The number of nitrogens with one attached hydrogen (secondary N) is 1. The SMILES string of the molecule is CC(C)Cc1cc2c(NC3CCN(CCc4c(F)cccc4F)CC3)ncnc2s1. The van der Waals surface area contributed by atoms with E-state index in [0.29, 0.717) is 24.9 Å². The summed E-state index contributed by atoms with van der Waals surface area (Å²) in [7, 11) is 0. The van der Waals surface area contributed by atoms with E-state index in [1.54, 1.807) is 17.7 Å². The van der Waals surface area contributed by atoms with Crippen LogP contribution in [0.15, 0.2) is 30.6 Å². The Labute approximate surface area is 180 Å². The lowest BCUT2D eigenvalue weighted by molar-refractivity contribution is 0.220. The number of likely N-dealkylation sites (tertiary alicyclic amines) is 1. The minimum atomic E-state index is -0.452. The molecule has 1 saturated heterocycles. The number of hydrogen-bond donors (Lipinski definition) is 1. The molecule has 0 amide bonds. The third kappa shape index (κ3) is 4.95. The van der Waals surface area contributed by atoms with E-state index in [4.69, 9.17) is 0 Å². The Bertz CT molecular complexity index is 976. The molecule has 0 spiro atoms. The molecule has 1 N–H and O–H groups in total. The molecule has 1 aliphatic rings. The smallest absolute Gasteiger partial charge is 0.138 e. The minimum absolute atomic E-state index is 0.191. The Kier molecular flexibility index (Phi) is 6.58. The predicted octanol–water partition coefficient (Wildman–Crippen LogP) is 5.29. The number of thiophene rings is 1. The zero-order valence-electron chi connectivity index (χ0n) is 17.5. The molecule has 1 aliphatic heterocycles. The van der Waals surface area contributed by atoms with Crippen LogP contribution in [0.3, 0.4) is 0 Å². The summed E-state index contributed by atoms with van der Waals surface area (Å²) in [4.78, 5) is 13.6. The van der Waals surface area contributed by atoms with E-state index in [-0.39, 0.29) is 5.56 Å². The number of hydrogen-bond acceptors (Lipinski definition) is 5. The quantitative estimate of drug-likeness (QED) is 0.553. The van der Waals surface area contributed by atoms with E-state index in [2.05, 4.69) is 40.1 Å². The van der Waals surface area contributed by atoms with Gasteiger partial charge < -0.3 is 10.2 Å². The molecule has 0 bridgehead atoms. The second kappa shape index (κ2) is 9.35. The summed E-state index contributed by atoms with van der Waals surface area (Å²) < 4.78 is 27.7. The molecule has 0 atom stereocenters. The number of rotatable bonds is 7. The van der Waals surface area contributed by atoms with Crippen molar-refractivity contribution in [3.05, 3.63) is 52.7 Å². The monoisotopic (exact) mass is 430 g/mol. The molecule has 0 aliphatic carbocycles. The average molecular weight is 431 g/mol. The number of fused-ring (bicyclic) bond motifs is 1. The van der Waals surface area contributed by atoms with Crippen LogP contribution in [-0.2, 0) is 12.8 Å². The van der Waals surface area contributed by atoms with Gasteiger partial charge in [0.15, 0.2) is 0 Å². The number of aromatic nitrogens is 2. The highest BCUT2D eigenvalue weighted by Gasteiger charge is 2.21. The second-order valence-corrected chi connectivity index (χ2v) is 9.58. The fourth-order valence-corrected chi connectivity index (χ4v) is 5.27. The van der Waals surface area contributed by atoms with Gasteiger partial charge in [-0.2, -0.15) is 0 Å². The Morgan fingerprint density at radius 1 is 1.17 bits per heavy atom. The van der Waals surface area contributed by atoms with Crippen LogP contribution in [0.2, 0.25) is 0 Å². The summed E-state index contributed by atoms with van der Waals surface area (Å²) in [5, 5.41) is 4.72. The van der Waals surface area contributed by atoms with Crippen molar-refractivity contribution in [3.8, 4) is 0 Å². The summed E-state index contributed by atoms with van der Waals surface area (Å²) >= 11 is 1.75. The number of benzene rings is 1. The van der Waals surface area contributed by atoms with Crippen molar-refractivity contribution in [2.45, 2.75) is 45.6 Å². The molecule has 4 rings (SSSR count). The molecular weight excluding hydrogens is 402 g/mol. The number of piperidine rings is 1. The summed E-state index contributed by atoms with van der Waals surface area (Å²) in [6, 6.07) is 6.63. The van der Waals surface area contributed by atoms with Gasteiger partial charge >= 0.3 is 0 Å². The van der Waals surface area contributed by atoms with Crippen LogP contribution in [-0.4, -0.2) is 40.5 Å².